The summed E-state index contributed by atoms with van der Waals surface area (Å²) < 4.78 is 1.94. The van der Waals surface area contributed by atoms with Gasteiger partial charge in [0.2, 0.25) is 5.91 Å². The van der Waals surface area contributed by atoms with Gasteiger partial charge < -0.3 is 9.88 Å². The molecule has 0 fully saturated rings. The number of hydrogen-bond donors (Lipinski definition) is 1. The molecule has 0 radical (unpaired) electrons. The minimum atomic E-state index is -0.336. The van der Waals surface area contributed by atoms with Gasteiger partial charge in [-0.15, -0.1) is 11.6 Å². The molecule has 2 rings (SSSR count). The van der Waals surface area contributed by atoms with E-state index in [0.29, 0.717) is 0 Å². The molecule has 1 N–H and O–H groups in total. The van der Waals surface area contributed by atoms with Crippen LogP contribution < -0.4 is 5.32 Å². The number of benzene rings is 1. The topological polar surface area (TPSA) is 46.9 Å². The predicted octanol–water partition coefficient (Wildman–Crippen LogP) is 3.17. The highest BCUT2D eigenvalue weighted by atomic mass is 35.5. The molecule has 1 unspecified atom stereocenters. The fourth-order valence-electron chi connectivity index (χ4n) is 2.40. The van der Waals surface area contributed by atoms with Crippen molar-refractivity contribution in [2.45, 2.75) is 45.7 Å². The number of imidazole rings is 1. The van der Waals surface area contributed by atoms with Gasteiger partial charge in [0.05, 0.1) is 16.9 Å². The molecule has 1 amide bonds. The smallest absolute Gasteiger partial charge is 0.243 e. The molecule has 0 aliphatic rings. The zero-order valence-corrected chi connectivity index (χ0v) is 13.0. The Morgan fingerprint density at radius 1 is 1.40 bits per heavy atom. The second-order valence-corrected chi connectivity index (χ2v) is 5.58. The number of halogens is 1. The van der Waals surface area contributed by atoms with Crippen LogP contribution in [0, 0.1) is 6.92 Å². The summed E-state index contributed by atoms with van der Waals surface area (Å²) in [7, 11) is 0. The first kappa shape index (κ1) is 14.9. The van der Waals surface area contributed by atoms with Crippen molar-refractivity contribution in [3.8, 4) is 0 Å². The van der Waals surface area contributed by atoms with Crippen molar-refractivity contribution in [2.75, 3.05) is 0 Å². The monoisotopic (exact) mass is 293 g/mol. The molecule has 4 nitrogen and oxygen atoms in total. The van der Waals surface area contributed by atoms with Gasteiger partial charge in [0, 0.05) is 6.04 Å². The molecule has 5 heteroatoms. The van der Waals surface area contributed by atoms with Crippen molar-refractivity contribution in [1.82, 2.24) is 14.9 Å². The Kier molecular flexibility index (Phi) is 4.33. The number of aryl methyl sites for hydroxylation is 1. The molecule has 1 aromatic carbocycles. The molecule has 0 aliphatic heterocycles. The van der Waals surface area contributed by atoms with E-state index in [0.717, 1.165) is 22.4 Å². The summed E-state index contributed by atoms with van der Waals surface area (Å²) in [6, 6.07) is 5.71. The molecule has 108 valence electrons. The normalized spacial score (nSPS) is 12.9. The largest absolute Gasteiger partial charge is 0.352 e. The van der Waals surface area contributed by atoms with Crippen molar-refractivity contribution < 1.29 is 4.79 Å². The molecule has 20 heavy (non-hydrogen) atoms. The average molecular weight is 294 g/mol. The van der Waals surface area contributed by atoms with Gasteiger partial charge in [-0.2, -0.15) is 0 Å². The maximum Gasteiger partial charge on any atom is 0.243 e. The van der Waals surface area contributed by atoms with E-state index in [4.69, 9.17) is 11.6 Å². The van der Waals surface area contributed by atoms with Gasteiger partial charge in [-0.3, -0.25) is 4.79 Å². The molecule has 0 aliphatic carbocycles. The fourth-order valence-corrected chi connectivity index (χ4v) is 2.59. The second kappa shape index (κ2) is 5.83. The predicted molar refractivity (Wildman–Crippen MR) is 82.0 cm³/mol. The molecular formula is C15H20ClN3O. The van der Waals surface area contributed by atoms with Gasteiger partial charge in [0.25, 0.3) is 0 Å². The first-order chi connectivity index (χ1) is 9.45. The Balaban J connectivity index is 2.54. The summed E-state index contributed by atoms with van der Waals surface area (Å²) in [6.45, 7) is 7.79. The number of carbonyl (C=O) groups excluding carboxylic acids is 1. The Morgan fingerprint density at radius 3 is 2.70 bits per heavy atom. The van der Waals surface area contributed by atoms with E-state index in [1.165, 1.54) is 0 Å². The summed E-state index contributed by atoms with van der Waals surface area (Å²) in [5, 5.41) is 2.94. The Labute approximate surface area is 124 Å². The minimum absolute atomic E-state index is 0.0195. The van der Waals surface area contributed by atoms with Crippen molar-refractivity contribution >= 4 is 28.5 Å². The maximum absolute atomic E-state index is 12.3. The van der Waals surface area contributed by atoms with E-state index in [9.17, 15) is 4.79 Å². The molecule has 2 aromatic rings. The van der Waals surface area contributed by atoms with Crippen LogP contribution in [0.2, 0.25) is 0 Å². The number of para-hydroxylation sites is 1. The number of aromatic nitrogens is 2. The molecule has 1 heterocycles. The quantitative estimate of drug-likeness (QED) is 0.880. The van der Waals surface area contributed by atoms with E-state index < -0.39 is 0 Å². The van der Waals surface area contributed by atoms with Crippen LogP contribution in [0.3, 0.4) is 0 Å². The Morgan fingerprint density at radius 2 is 2.10 bits per heavy atom. The Hall–Kier alpha value is -1.55. The summed E-state index contributed by atoms with van der Waals surface area (Å²) in [5.41, 5.74) is 2.95. The maximum atomic E-state index is 12.3. The molecule has 0 bridgehead atoms. The zero-order valence-electron chi connectivity index (χ0n) is 12.3. The van der Waals surface area contributed by atoms with Crippen LogP contribution >= 0.6 is 11.6 Å². The lowest BCUT2D eigenvalue weighted by atomic mass is 10.2. The molecule has 1 aromatic heterocycles. The average Bonchev–Trinajstić information content (AvgIpc) is 2.76. The third kappa shape index (κ3) is 2.66. The highest BCUT2D eigenvalue weighted by Crippen LogP contribution is 2.25. The van der Waals surface area contributed by atoms with E-state index in [-0.39, 0.29) is 23.9 Å². The SMILES string of the molecule is Cc1cccc2nc(CCl)n(C(C)C(=O)NC(C)C)c12. The van der Waals surface area contributed by atoms with Gasteiger partial charge >= 0.3 is 0 Å². The van der Waals surface area contributed by atoms with Crippen LogP contribution in [0.5, 0.6) is 0 Å². The lowest BCUT2D eigenvalue weighted by Gasteiger charge is -2.19. The highest BCUT2D eigenvalue weighted by Gasteiger charge is 2.22. The molecule has 0 spiro atoms. The fraction of sp³-hybridized carbons (Fsp3) is 0.467. The molecule has 1 atom stereocenters. The van der Waals surface area contributed by atoms with Gasteiger partial charge in [-0.1, -0.05) is 12.1 Å². The van der Waals surface area contributed by atoms with E-state index in [1.807, 2.05) is 50.5 Å². The third-order valence-corrected chi connectivity index (χ3v) is 3.54. The summed E-state index contributed by atoms with van der Waals surface area (Å²) >= 11 is 6.00. The number of amides is 1. The van der Waals surface area contributed by atoms with E-state index >= 15 is 0 Å². The highest BCUT2D eigenvalue weighted by molar-refractivity contribution is 6.17. The van der Waals surface area contributed by atoms with E-state index in [1.54, 1.807) is 0 Å². The lowest BCUT2D eigenvalue weighted by molar-refractivity contribution is -0.124. The van der Waals surface area contributed by atoms with Crippen molar-refractivity contribution in [2.24, 2.45) is 0 Å². The summed E-state index contributed by atoms with van der Waals surface area (Å²) in [4.78, 5) is 16.8. The Bertz CT molecular complexity index is 633. The number of carbonyl (C=O) groups is 1. The summed E-state index contributed by atoms with van der Waals surface area (Å²) in [5.74, 6) is 0.990. The van der Waals surface area contributed by atoms with Gasteiger partial charge in [-0.25, -0.2) is 4.98 Å². The van der Waals surface area contributed by atoms with Crippen LogP contribution in [0.15, 0.2) is 18.2 Å². The number of nitrogens with one attached hydrogen (secondary N) is 1. The summed E-state index contributed by atoms with van der Waals surface area (Å²) in [6.07, 6.45) is 0. The number of rotatable bonds is 4. The number of fused-ring (bicyclic) bond motifs is 1. The second-order valence-electron chi connectivity index (χ2n) is 5.31. The third-order valence-electron chi connectivity index (χ3n) is 3.30. The van der Waals surface area contributed by atoms with Crippen LogP contribution in [0.25, 0.3) is 11.0 Å². The van der Waals surface area contributed by atoms with Gasteiger partial charge in [-0.05, 0) is 39.3 Å². The van der Waals surface area contributed by atoms with Crippen molar-refractivity contribution in [1.29, 1.82) is 0 Å². The first-order valence-corrected chi connectivity index (χ1v) is 7.32. The number of hydrogen-bond acceptors (Lipinski definition) is 2. The lowest BCUT2D eigenvalue weighted by Crippen LogP contribution is -2.36. The van der Waals surface area contributed by atoms with Gasteiger partial charge in [0.1, 0.15) is 11.9 Å². The number of nitrogens with zero attached hydrogens (tertiary/aromatic N) is 2. The van der Waals surface area contributed by atoms with Crippen LogP contribution in [0.4, 0.5) is 0 Å². The van der Waals surface area contributed by atoms with Gasteiger partial charge in [0.15, 0.2) is 0 Å². The van der Waals surface area contributed by atoms with Crippen molar-refractivity contribution in [3.05, 3.63) is 29.6 Å². The zero-order chi connectivity index (χ0) is 14.9. The van der Waals surface area contributed by atoms with E-state index in [2.05, 4.69) is 10.3 Å². The van der Waals surface area contributed by atoms with Crippen LogP contribution in [-0.2, 0) is 10.7 Å². The van der Waals surface area contributed by atoms with Crippen LogP contribution in [-0.4, -0.2) is 21.5 Å². The molecular weight excluding hydrogens is 274 g/mol. The minimum Gasteiger partial charge on any atom is -0.352 e. The molecule has 0 saturated heterocycles. The van der Waals surface area contributed by atoms with Crippen molar-refractivity contribution in [3.63, 3.8) is 0 Å². The van der Waals surface area contributed by atoms with Crippen LogP contribution in [0.1, 0.15) is 38.2 Å². The first-order valence-electron chi connectivity index (χ1n) is 6.78. The number of alkyl halides is 1. The standard InChI is InChI=1S/C15H20ClN3O/c1-9(2)17-15(20)11(4)19-13(8-16)18-12-7-5-6-10(3)14(12)19/h5-7,9,11H,8H2,1-4H3,(H,17,20). The molecule has 0 saturated carbocycles.